The van der Waals surface area contributed by atoms with Gasteiger partial charge in [0.15, 0.2) is 0 Å². The Balaban J connectivity index is 2.11. The quantitative estimate of drug-likeness (QED) is 0.766. The van der Waals surface area contributed by atoms with Crippen molar-refractivity contribution < 1.29 is 4.74 Å². The first-order chi connectivity index (χ1) is 7.78. The molecule has 82 valence electrons. The van der Waals surface area contributed by atoms with Crippen LogP contribution in [0.1, 0.15) is 11.1 Å². The fourth-order valence-corrected chi connectivity index (χ4v) is 1.51. The molecule has 0 spiro atoms. The van der Waals surface area contributed by atoms with E-state index in [1.54, 1.807) is 19.5 Å². The molecular weight excluding hydrogens is 224 g/mol. The van der Waals surface area contributed by atoms with Crippen LogP contribution in [-0.4, -0.2) is 17.1 Å². The van der Waals surface area contributed by atoms with Crippen LogP contribution >= 0.6 is 11.6 Å². The van der Waals surface area contributed by atoms with E-state index < -0.39 is 0 Å². The molecule has 0 aliphatic carbocycles. The molecule has 0 bridgehead atoms. The normalized spacial score (nSPS) is 10.1. The molecular formula is C12H11ClN2O. The van der Waals surface area contributed by atoms with Gasteiger partial charge in [-0.1, -0.05) is 12.1 Å². The number of methoxy groups -OCH3 is 1. The Labute approximate surface area is 99.1 Å². The maximum absolute atomic E-state index is 5.62. The summed E-state index contributed by atoms with van der Waals surface area (Å²) in [5.41, 5.74) is 2.22. The van der Waals surface area contributed by atoms with Crippen molar-refractivity contribution in [1.82, 2.24) is 9.97 Å². The van der Waals surface area contributed by atoms with Crippen molar-refractivity contribution in [3.8, 4) is 5.75 Å². The first kappa shape index (κ1) is 10.9. The third-order valence-electron chi connectivity index (χ3n) is 2.24. The number of hydrogen-bond acceptors (Lipinski definition) is 3. The molecule has 0 amide bonds. The largest absolute Gasteiger partial charge is 0.497 e. The van der Waals surface area contributed by atoms with Crippen LogP contribution in [0.2, 0.25) is 5.28 Å². The van der Waals surface area contributed by atoms with Gasteiger partial charge in [0.2, 0.25) is 5.28 Å². The SMILES string of the molecule is COc1ccc(Cc2cnc(Cl)nc2)cc1. The average molecular weight is 235 g/mol. The summed E-state index contributed by atoms with van der Waals surface area (Å²) in [5.74, 6) is 0.858. The fraction of sp³-hybridized carbons (Fsp3) is 0.167. The van der Waals surface area contributed by atoms with Crippen LogP contribution in [0.25, 0.3) is 0 Å². The molecule has 0 N–H and O–H groups in total. The van der Waals surface area contributed by atoms with E-state index in [1.165, 1.54) is 5.56 Å². The first-order valence-corrected chi connectivity index (χ1v) is 5.25. The summed E-state index contributed by atoms with van der Waals surface area (Å²) in [7, 11) is 1.65. The van der Waals surface area contributed by atoms with Gasteiger partial charge in [0, 0.05) is 18.8 Å². The Morgan fingerprint density at radius 1 is 1.06 bits per heavy atom. The van der Waals surface area contributed by atoms with Gasteiger partial charge in [0.25, 0.3) is 0 Å². The van der Waals surface area contributed by atoms with E-state index >= 15 is 0 Å². The molecule has 0 aliphatic rings. The molecule has 16 heavy (non-hydrogen) atoms. The summed E-state index contributed by atoms with van der Waals surface area (Å²) in [6, 6.07) is 7.92. The van der Waals surface area contributed by atoms with Crippen molar-refractivity contribution in [1.29, 1.82) is 0 Å². The lowest BCUT2D eigenvalue weighted by molar-refractivity contribution is 0.414. The Morgan fingerprint density at radius 2 is 1.69 bits per heavy atom. The van der Waals surface area contributed by atoms with Crippen molar-refractivity contribution in [2.75, 3.05) is 7.11 Å². The van der Waals surface area contributed by atoms with Gasteiger partial charge in [0.1, 0.15) is 5.75 Å². The Hall–Kier alpha value is -1.61. The van der Waals surface area contributed by atoms with Gasteiger partial charge >= 0.3 is 0 Å². The highest BCUT2D eigenvalue weighted by Gasteiger charge is 1.98. The lowest BCUT2D eigenvalue weighted by Gasteiger charge is -2.03. The van der Waals surface area contributed by atoms with E-state index in [9.17, 15) is 0 Å². The molecule has 4 heteroatoms. The van der Waals surface area contributed by atoms with Crippen LogP contribution in [0.4, 0.5) is 0 Å². The third-order valence-corrected chi connectivity index (χ3v) is 2.44. The van der Waals surface area contributed by atoms with Gasteiger partial charge in [-0.3, -0.25) is 0 Å². The zero-order valence-electron chi connectivity index (χ0n) is 8.85. The zero-order valence-corrected chi connectivity index (χ0v) is 9.61. The van der Waals surface area contributed by atoms with Crippen LogP contribution < -0.4 is 4.74 Å². The van der Waals surface area contributed by atoms with Crippen LogP contribution in [-0.2, 0) is 6.42 Å². The highest BCUT2D eigenvalue weighted by Crippen LogP contribution is 2.14. The van der Waals surface area contributed by atoms with E-state index in [2.05, 4.69) is 9.97 Å². The molecule has 0 atom stereocenters. The number of aromatic nitrogens is 2. The van der Waals surface area contributed by atoms with E-state index in [1.807, 2.05) is 24.3 Å². The molecule has 3 nitrogen and oxygen atoms in total. The number of hydrogen-bond donors (Lipinski definition) is 0. The van der Waals surface area contributed by atoms with E-state index in [4.69, 9.17) is 16.3 Å². The van der Waals surface area contributed by atoms with Crippen molar-refractivity contribution in [2.45, 2.75) is 6.42 Å². The second-order valence-electron chi connectivity index (χ2n) is 3.39. The van der Waals surface area contributed by atoms with Crippen LogP contribution in [0.3, 0.4) is 0 Å². The van der Waals surface area contributed by atoms with Crippen LogP contribution in [0, 0.1) is 0 Å². The molecule has 0 saturated heterocycles. The molecule has 0 saturated carbocycles. The van der Waals surface area contributed by atoms with Gasteiger partial charge in [-0.05, 0) is 34.9 Å². The van der Waals surface area contributed by atoms with E-state index in [-0.39, 0.29) is 5.28 Å². The number of benzene rings is 1. The molecule has 1 aromatic carbocycles. The highest BCUT2D eigenvalue weighted by atomic mass is 35.5. The fourth-order valence-electron chi connectivity index (χ4n) is 1.41. The summed E-state index contributed by atoms with van der Waals surface area (Å²) in [6.07, 6.45) is 4.26. The zero-order chi connectivity index (χ0) is 11.4. The predicted octanol–water partition coefficient (Wildman–Crippen LogP) is 2.73. The maximum atomic E-state index is 5.62. The molecule has 1 heterocycles. The van der Waals surface area contributed by atoms with E-state index in [0.717, 1.165) is 17.7 Å². The number of halogens is 1. The predicted molar refractivity (Wildman–Crippen MR) is 62.8 cm³/mol. The Kier molecular flexibility index (Phi) is 3.37. The standard InChI is InChI=1S/C12H11ClN2O/c1-16-11-4-2-9(3-5-11)6-10-7-14-12(13)15-8-10/h2-5,7-8H,6H2,1H3. The molecule has 0 unspecified atom stereocenters. The first-order valence-electron chi connectivity index (χ1n) is 4.87. The smallest absolute Gasteiger partial charge is 0.222 e. The van der Waals surface area contributed by atoms with E-state index in [0.29, 0.717) is 0 Å². The van der Waals surface area contributed by atoms with Crippen molar-refractivity contribution in [3.63, 3.8) is 0 Å². The van der Waals surface area contributed by atoms with Crippen molar-refractivity contribution >= 4 is 11.6 Å². The molecule has 0 radical (unpaired) electrons. The molecule has 2 aromatic rings. The summed E-state index contributed by atoms with van der Waals surface area (Å²) in [4.78, 5) is 7.88. The summed E-state index contributed by atoms with van der Waals surface area (Å²) in [5, 5.41) is 0.276. The van der Waals surface area contributed by atoms with Crippen LogP contribution in [0.15, 0.2) is 36.7 Å². The minimum atomic E-state index is 0.276. The molecule has 1 aromatic heterocycles. The summed E-state index contributed by atoms with van der Waals surface area (Å²) in [6.45, 7) is 0. The third kappa shape index (κ3) is 2.70. The van der Waals surface area contributed by atoms with Gasteiger partial charge in [-0.15, -0.1) is 0 Å². The molecule has 0 aliphatic heterocycles. The summed E-state index contributed by atoms with van der Waals surface area (Å²) >= 11 is 5.62. The maximum Gasteiger partial charge on any atom is 0.222 e. The van der Waals surface area contributed by atoms with Crippen molar-refractivity contribution in [2.24, 2.45) is 0 Å². The Morgan fingerprint density at radius 3 is 2.25 bits per heavy atom. The lowest BCUT2D eigenvalue weighted by Crippen LogP contribution is -1.91. The number of rotatable bonds is 3. The topological polar surface area (TPSA) is 35.0 Å². The minimum Gasteiger partial charge on any atom is -0.497 e. The number of ether oxygens (including phenoxy) is 1. The second-order valence-corrected chi connectivity index (χ2v) is 3.72. The number of nitrogens with zero attached hydrogens (tertiary/aromatic N) is 2. The van der Waals surface area contributed by atoms with Crippen LogP contribution in [0.5, 0.6) is 5.75 Å². The Bertz CT molecular complexity index is 453. The van der Waals surface area contributed by atoms with Gasteiger partial charge < -0.3 is 4.74 Å². The molecule has 2 rings (SSSR count). The van der Waals surface area contributed by atoms with Gasteiger partial charge in [-0.2, -0.15) is 0 Å². The van der Waals surface area contributed by atoms with Crippen molar-refractivity contribution in [3.05, 3.63) is 53.1 Å². The van der Waals surface area contributed by atoms with Gasteiger partial charge in [-0.25, -0.2) is 9.97 Å². The average Bonchev–Trinajstić information content (AvgIpc) is 2.33. The highest BCUT2D eigenvalue weighted by molar-refractivity contribution is 6.28. The lowest BCUT2D eigenvalue weighted by atomic mass is 10.1. The summed E-state index contributed by atoms with van der Waals surface area (Å²) < 4.78 is 5.09. The monoisotopic (exact) mass is 234 g/mol. The minimum absolute atomic E-state index is 0.276. The second kappa shape index (κ2) is 4.94. The van der Waals surface area contributed by atoms with Gasteiger partial charge in [0.05, 0.1) is 7.11 Å². The molecule has 0 fully saturated rings.